The summed E-state index contributed by atoms with van der Waals surface area (Å²) in [5.74, 6) is 0.0342. The molecule has 1 N–H and O–H groups in total. The predicted molar refractivity (Wildman–Crippen MR) is 91.1 cm³/mol. The van der Waals surface area contributed by atoms with Crippen LogP contribution in [0, 0.1) is 24.4 Å². The van der Waals surface area contributed by atoms with E-state index in [1.54, 1.807) is 16.8 Å². The highest BCUT2D eigenvalue weighted by Crippen LogP contribution is 2.15. The average Bonchev–Trinajstić information content (AvgIpc) is 3.02. The Kier molecular flexibility index (Phi) is 4.22. The minimum absolute atomic E-state index is 0.291. The largest absolute Gasteiger partial charge is 0.271 e. The van der Waals surface area contributed by atoms with Crippen LogP contribution in [0.3, 0.4) is 0 Å². The first-order valence-corrected chi connectivity index (χ1v) is 7.86. The van der Waals surface area contributed by atoms with Crippen molar-refractivity contribution in [2.75, 3.05) is 0 Å². The summed E-state index contributed by atoms with van der Waals surface area (Å²) in [6, 6.07) is 6.53. The Morgan fingerprint density at radius 2 is 2.13 bits per heavy atom. The highest BCUT2D eigenvalue weighted by atomic mass is 79.9. The fraction of sp³-hybridized carbons (Fsp3) is 0.143. The maximum atomic E-state index is 13.8. The third-order valence-electron chi connectivity index (χ3n) is 3.10. The van der Waals surface area contributed by atoms with E-state index in [1.807, 2.05) is 19.9 Å². The fourth-order valence-corrected chi connectivity index (χ4v) is 2.64. The summed E-state index contributed by atoms with van der Waals surface area (Å²) in [5, 5.41) is 15.4. The lowest BCUT2D eigenvalue weighted by molar-refractivity contribution is 0.625. The van der Waals surface area contributed by atoms with Crippen LogP contribution in [0.4, 0.5) is 4.39 Å². The Morgan fingerprint density at radius 3 is 2.83 bits per heavy atom. The van der Waals surface area contributed by atoms with E-state index >= 15 is 0 Å². The summed E-state index contributed by atoms with van der Waals surface area (Å²) in [5.41, 5.74) is 2.08. The zero-order valence-electron chi connectivity index (χ0n) is 12.3. The topological polar surface area (TPSA) is 63.8 Å². The van der Waals surface area contributed by atoms with Crippen molar-refractivity contribution in [2.24, 2.45) is 5.10 Å². The molecule has 6 nitrogen and oxygen atoms in total. The molecular formula is C14H12BrFN6S. The fourth-order valence-electron chi connectivity index (χ4n) is 2.09. The number of aryl methyl sites for hydroxylation is 2. The SMILES string of the molecule is Cc1cc(C)n(-c2n[nH]c(=S)n2/N=C\c2cc(Br)ccc2F)n1. The van der Waals surface area contributed by atoms with Crippen molar-refractivity contribution in [3.63, 3.8) is 0 Å². The molecule has 0 radical (unpaired) electrons. The van der Waals surface area contributed by atoms with Crippen molar-refractivity contribution in [3.05, 3.63) is 56.3 Å². The molecule has 0 saturated heterocycles. The number of nitrogens with one attached hydrogen (secondary N) is 1. The molecule has 9 heteroatoms. The number of halogens is 2. The Bertz CT molecular complexity index is 955. The van der Waals surface area contributed by atoms with Gasteiger partial charge >= 0.3 is 0 Å². The maximum absolute atomic E-state index is 13.8. The summed E-state index contributed by atoms with van der Waals surface area (Å²) >= 11 is 8.49. The van der Waals surface area contributed by atoms with Gasteiger partial charge in [-0.3, -0.25) is 0 Å². The number of benzene rings is 1. The summed E-state index contributed by atoms with van der Waals surface area (Å²) < 4.78 is 17.9. The van der Waals surface area contributed by atoms with Crippen LogP contribution in [0.1, 0.15) is 17.0 Å². The van der Waals surface area contributed by atoms with Gasteiger partial charge in [0.2, 0.25) is 4.77 Å². The standard InChI is InChI=1S/C14H12BrFN6S/c1-8-5-9(2)21(20-8)13-18-19-14(23)22(13)17-7-10-6-11(15)3-4-12(10)16/h3-7H,1-2H3,(H,19,23)/b17-7-. The molecule has 0 unspecified atom stereocenters. The molecule has 2 aromatic heterocycles. The first-order chi connectivity index (χ1) is 11.0. The van der Waals surface area contributed by atoms with Gasteiger partial charge in [-0.05, 0) is 50.3 Å². The molecule has 0 aliphatic heterocycles. The van der Waals surface area contributed by atoms with E-state index in [-0.39, 0.29) is 5.82 Å². The van der Waals surface area contributed by atoms with Gasteiger partial charge in [-0.15, -0.1) is 5.10 Å². The van der Waals surface area contributed by atoms with Crippen molar-refractivity contribution in [1.29, 1.82) is 0 Å². The van der Waals surface area contributed by atoms with Crippen LogP contribution in [0.2, 0.25) is 0 Å². The monoisotopic (exact) mass is 394 g/mol. The Balaban J connectivity index is 2.06. The number of hydrogen-bond acceptors (Lipinski definition) is 4. The second-order valence-corrected chi connectivity index (χ2v) is 6.19. The third kappa shape index (κ3) is 3.15. The number of hydrogen-bond donors (Lipinski definition) is 1. The Hall–Kier alpha value is -2.13. The summed E-state index contributed by atoms with van der Waals surface area (Å²) in [4.78, 5) is 0. The van der Waals surface area contributed by atoms with Crippen molar-refractivity contribution in [1.82, 2.24) is 24.7 Å². The van der Waals surface area contributed by atoms with Gasteiger partial charge in [-0.1, -0.05) is 15.9 Å². The second-order valence-electron chi connectivity index (χ2n) is 4.89. The second kappa shape index (κ2) is 6.17. The van der Waals surface area contributed by atoms with Gasteiger partial charge in [0.25, 0.3) is 5.95 Å². The molecule has 0 spiro atoms. The van der Waals surface area contributed by atoms with Crippen molar-refractivity contribution >= 4 is 34.4 Å². The lowest BCUT2D eigenvalue weighted by atomic mass is 10.2. The molecule has 1 aromatic carbocycles. The van der Waals surface area contributed by atoms with Crippen molar-refractivity contribution in [2.45, 2.75) is 13.8 Å². The van der Waals surface area contributed by atoms with E-state index in [0.29, 0.717) is 16.3 Å². The number of H-pyrrole nitrogens is 1. The molecule has 0 saturated carbocycles. The van der Waals surface area contributed by atoms with Gasteiger partial charge in [-0.2, -0.15) is 14.9 Å². The highest BCUT2D eigenvalue weighted by Gasteiger charge is 2.12. The Morgan fingerprint density at radius 1 is 1.35 bits per heavy atom. The van der Waals surface area contributed by atoms with Crippen LogP contribution in [-0.4, -0.2) is 30.9 Å². The molecule has 3 rings (SSSR count). The van der Waals surface area contributed by atoms with Gasteiger partial charge in [0.15, 0.2) is 0 Å². The van der Waals surface area contributed by atoms with E-state index in [2.05, 4.69) is 36.3 Å². The first-order valence-electron chi connectivity index (χ1n) is 6.66. The molecule has 23 heavy (non-hydrogen) atoms. The zero-order chi connectivity index (χ0) is 16.6. The highest BCUT2D eigenvalue weighted by molar-refractivity contribution is 9.10. The Labute approximate surface area is 144 Å². The molecule has 118 valence electrons. The lowest BCUT2D eigenvalue weighted by Crippen LogP contribution is -2.07. The van der Waals surface area contributed by atoms with Crippen LogP contribution < -0.4 is 0 Å². The van der Waals surface area contributed by atoms with Crippen LogP contribution in [0.15, 0.2) is 33.8 Å². The molecule has 2 heterocycles. The normalized spacial score (nSPS) is 11.5. The van der Waals surface area contributed by atoms with Gasteiger partial charge in [0.05, 0.1) is 11.9 Å². The van der Waals surface area contributed by atoms with E-state index in [9.17, 15) is 4.39 Å². The molecule has 0 aliphatic carbocycles. The number of nitrogens with zero attached hydrogens (tertiary/aromatic N) is 5. The summed E-state index contributed by atoms with van der Waals surface area (Å²) in [6.07, 6.45) is 1.39. The van der Waals surface area contributed by atoms with Crippen LogP contribution in [0.5, 0.6) is 0 Å². The van der Waals surface area contributed by atoms with Crippen LogP contribution >= 0.6 is 28.1 Å². The molecule has 0 atom stereocenters. The molecule has 0 fully saturated rings. The van der Waals surface area contributed by atoms with E-state index in [4.69, 9.17) is 12.2 Å². The zero-order valence-corrected chi connectivity index (χ0v) is 14.7. The quantitative estimate of drug-likeness (QED) is 0.545. The minimum atomic E-state index is -0.375. The molecule has 0 aliphatic rings. The third-order valence-corrected chi connectivity index (χ3v) is 3.86. The van der Waals surface area contributed by atoms with Crippen LogP contribution in [-0.2, 0) is 0 Å². The molecule has 0 amide bonds. The predicted octanol–water partition coefficient (Wildman–Crippen LogP) is 3.53. The van der Waals surface area contributed by atoms with Gasteiger partial charge in [0, 0.05) is 15.7 Å². The number of aromatic nitrogens is 5. The lowest BCUT2D eigenvalue weighted by Gasteiger charge is -2.03. The smallest absolute Gasteiger partial charge is 0.248 e. The molecule has 3 aromatic rings. The molecule has 0 bridgehead atoms. The van der Waals surface area contributed by atoms with Crippen molar-refractivity contribution in [3.8, 4) is 5.95 Å². The summed E-state index contributed by atoms with van der Waals surface area (Å²) in [6.45, 7) is 3.79. The van der Waals surface area contributed by atoms with E-state index in [0.717, 1.165) is 15.9 Å². The average molecular weight is 395 g/mol. The summed E-state index contributed by atoms with van der Waals surface area (Å²) in [7, 11) is 0. The number of rotatable bonds is 3. The van der Waals surface area contributed by atoms with E-state index < -0.39 is 0 Å². The first kappa shape index (κ1) is 15.8. The van der Waals surface area contributed by atoms with E-state index in [1.165, 1.54) is 17.0 Å². The van der Waals surface area contributed by atoms with Gasteiger partial charge in [-0.25, -0.2) is 14.2 Å². The number of aromatic amines is 1. The van der Waals surface area contributed by atoms with Crippen LogP contribution in [0.25, 0.3) is 5.95 Å². The van der Waals surface area contributed by atoms with Crippen molar-refractivity contribution < 1.29 is 4.39 Å². The van der Waals surface area contributed by atoms with Gasteiger partial charge < -0.3 is 0 Å². The maximum Gasteiger partial charge on any atom is 0.271 e. The minimum Gasteiger partial charge on any atom is -0.248 e. The molecular weight excluding hydrogens is 383 g/mol. The van der Waals surface area contributed by atoms with Gasteiger partial charge in [0.1, 0.15) is 5.82 Å².